The lowest BCUT2D eigenvalue weighted by Gasteiger charge is -2.25. The molecule has 23 heavy (non-hydrogen) atoms. The minimum Gasteiger partial charge on any atom is -0.149 e. The number of rotatable bonds is 1. The fourth-order valence-electron chi connectivity index (χ4n) is 4.12. The van der Waals surface area contributed by atoms with Crippen LogP contribution >= 0.6 is 11.3 Å². The molecular weight excluding hydrogens is 296 g/mol. The molecule has 0 fully saturated rings. The van der Waals surface area contributed by atoms with Crippen molar-refractivity contribution in [2.24, 2.45) is 0 Å². The Balaban J connectivity index is 1.72. The second-order valence-corrected chi connectivity index (χ2v) is 7.52. The van der Waals surface area contributed by atoms with E-state index in [2.05, 4.69) is 66.0 Å². The standard InChI is InChI=1S/C22H18S/c1-2-5-18-15(4-1)9-12-20-19(18)11-10-16-7-8-17(14-21(16)20)22-6-3-13-23-22/h1-6,9-13,17H,7-8,14H2. The molecule has 1 atom stereocenters. The Labute approximate surface area is 140 Å². The summed E-state index contributed by atoms with van der Waals surface area (Å²) < 4.78 is 0. The van der Waals surface area contributed by atoms with Crippen LogP contribution in [-0.4, -0.2) is 0 Å². The first kappa shape index (κ1) is 13.3. The van der Waals surface area contributed by atoms with Gasteiger partial charge in [0.05, 0.1) is 0 Å². The van der Waals surface area contributed by atoms with E-state index in [-0.39, 0.29) is 0 Å². The van der Waals surface area contributed by atoms with Crippen molar-refractivity contribution < 1.29 is 0 Å². The number of thiophene rings is 1. The molecule has 0 nitrogen and oxygen atoms in total. The van der Waals surface area contributed by atoms with E-state index in [1.165, 1.54) is 40.8 Å². The molecule has 5 rings (SSSR count). The highest BCUT2D eigenvalue weighted by molar-refractivity contribution is 7.10. The maximum atomic E-state index is 2.37. The summed E-state index contributed by atoms with van der Waals surface area (Å²) in [6.07, 6.45) is 3.68. The van der Waals surface area contributed by atoms with Crippen molar-refractivity contribution in [3.63, 3.8) is 0 Å². The summed E-state index contributed by atoms with van der Waals surface area (Å²) in [7, 11) is 0. The molecule has 1 heteroatoms. The highest BCUT2D eigenvalue weighted by atomic mass is 32.1. The molecule has 0 saturated carbocycles. The second kappa shape index (κ2) is 5.21. The molecule has 1 aliphatic rings. The Morgan fingerprint density at radius 1 is 0.783 bits per heavy atom. The molecule has 1 heterocycles. The van der Waals surface area contributed by atoms with Gasteiger partial charge >= 0.3 is 0 Å². The molecule has 0 saturated heterocycles. The van der Waals surface area contributed by atoms with Crippen LogP contribution < -0.4 is 0 Å². The average molecular weight is 314 g/mol. The van der Waals surface area contributed by atoms with Crippen molar-refractivity contribution in [2.45, 2.75) is 25.2 Å². The summed E-state index contributed by atoms with van der Waals surface area (Å²) in [6, 6.07) is 22.6. The van der Waals surface area contributed by atoms with Crippen molar-refractivity contribution in [1.29, 1.82) is 0 Å². The zero-order chi connectivity index (χ0) is 15.2. The van der Waals surface area contributed by atoms with Crippen molar-refractivity contribution in [3.8, 4) is 0 Å². The number of fused-ring (bicyclic) bond motifs is 5. The van der Waals surface area contributed by atoms with Crippen LogP contribution in [0, 0.1) is 0 Å². The molecule has 0 bridgehead atoms. The maximum absolute atomic E-state index is 2.37. The van der Waals surface area contributed by atoms with Crippen LogP contribution in [0.3, 0.4) is 0 Å². The first-order valence-electron chi connectivity index (χ1n) is 8.36. The Morgan fingerprint density at radius 2 is 1.70 bits per heavy atom. The van der Waals surface area contributed by atoms with Gasteiger partial charge in [0.25, 0.3) is 0 Å². The van der Waals surface area contributed by atoms with E-state index in [4.69, 9.17) is 0 Å². The zero-order valence-electron chi connectivity index (χ0n) is 13.0. The van der Waals surface area contributed by atoms with Crippen LogP contribution in [-0.2, 0) is 12.8 Å². The Kier molecular flexibility index (Phi) is 3.02. The summed E-state index contributed by atoms with van der Waals surface area (Å²) in [4.78, 5) is 1.55. The fraction of sp³-hybridized carbons (Fsp3) is 0.182. The van der Waals surface area contributed by atoms with Gasteiger partial charge in [0.2, 0.25) is 0 Å². The molecular formula is C22H18S. The van der Waals surface area contributed by atoms with Crippen LogP contribution in [0.4, 0.5) is 0 Å². The molecule has 1 unspecified atom stereocenters. The van der Waals surface area contributed by atoms with Crippen LogP contribution in [0.25, 0.3) is 21.5 Å². The van der Waals surface area contributed by atoms with Crippen LogP contribution in [0.1, 0.15) is 28.3 Å². The molecule has 0 spiro atoms. The number of hydrogen-bond donors (Lipinski definition) is 0. The minimum absolute atomic E-state index is 0.694. The average Bonchev–Trinajstić information content (AvgIpc) is 3.15. The van der Waals surface area contributed by atoms with E-state index in [0.29, 0.717) is 5.92 Å². The molecule has 1 aliphatic carbocycles. The zero-order valence-corrected chi connectivity index (χ0v) is 13.8. The van der Waals surface area contributed by atoms with Crippen molar-refractivity contribution in [1.82, 2.24) is 0 Å². The predicted octanol–water partition coefficient (Wildman–Crippen LogP) is 6.33. The molecule has 0 aliphatic heterocycles. The lowest BCUT2D eigenvalue weighted by Crippen LogP contribution is -2.12. The fourth-order valence-corrected chi connectivity index (χ4v) is 4.98. The van der Waals surface area contributed by atoms with Crippen molar-refractivity contribution in [3.05, 3.63) is 82.0 Å². The monoisotopic (exact) mass is 314 g/mol. The number of aryl methyl sites for hydroxylation is 1. The van der Waals surface area contributed by atoms with Crippen molar-refractivity contribution >= 4 is 32.9 Å². The topological polar surface area (TPSA) is 0 Å². The van der Waals surface area contributed by atoms with Gasteiger partial charge in [-0.05, 0) is 69.3 Å². The predicted molar refractivity (Wildman–Crippen MR) is 101 cm³/mol. The Bertz CT molecular complexity index is 995. The van der Waals surface area contributed by atoms with Gasteiger partial charge in [0.1, 0.15) is 0 Å². The molecule has 112 valence electrons. The van der Waals surface area contributed by atoms with E-state index in [9.17, 15) is 0 Å². The van der Waals surface area contributed by atoms with E-state index in [1.54, 1.807) is 16.0 Å². The quantitative estimate of drug-likeness (QED) is 0.360. The molecule has 0 amide bonds. The third-order valence-electron chi connectivity index (χ3n) is 5.29. The van der Waals surface area contributed by atoms with Gasteiger partial charge in [-0.3, -0.25) is 0 Å². The van der Waals surface area contributed by atoms with Crippen LogP contribution in [0.2, 0.25) is 0 Å². The maximum Gasteiger partial charge on any atom is 0.00796 e. The van der Waals surface area contributed by atoms with E-state index >= 15 is 0 Å². The first-order chi connectivity index (χ1) is 11.4. The smallest absolute Gasteiger partial charge is 0.00796 e. The first-order valence-corrected chi connectivity index (χ1v) is 9.24. The lowest BCUT2D eigenvalue weighted by atomic mass is 9.80. The second-order valence-electron chi connectivity index (χ2n) is 6.54. The molecule has 0 N–H and O–H groups in total. The van der Waals surface area contributed by atoms with Gasteiger partial charge in [-0.15, -0.1) is 11.3 Å². The normalized spacial score (nSPS) is 17.5. The molecule has 3 aromatic carbocycles. The van der Waals surface area contributed by atoms with Gasteiger partial charge in [-0.1, -0.05) is 54.6 Å². The molecule has 4 aromatic rings. The minimum atomic E-state index is 0.694. The van der Waals surface area contributed by atoms with E-state index < -0.39 is 0 Å². The summed E-state index contributed by atoms with van der Waals surface area (Å²) in [5, 5.41) is 7.80. The summed E-state index contributed by atoms with van der Waals surface area (Å²) in [5.74, 6) is 0.694. The van der Waals surface area contributed by atoms with Gasteiger partial charge in [-0.2, -0.15) is 0 Å². The van der Waals surface area contributed by atoms with Gasteiger partial charge < -0.3 is 0 Å². The summed E-state index contributed by atoms with van der Waals surface area (Å²) >= 11 is 1.91. The Hall–Kier alpha value is -2.12. The van der Waals surface area contributed by atoms with Crippen molar-refractivity contribution in [2.75, 3.05) is 0 Å². The Morgan fingerprint density at radius 3 is 2.61 bits per heavy atom. The highest BCUT2D eigenvalue weighted by Crippen LogP contribution is 2.39. The number of hydrogen-bond acceptors (Lipinski definition) is 1. The third kappa shape index (κ3) is 2.11. The lowest BCUT2D eigenvalue weighted by molar-refractivity contribution is 0.597. The largest absolute Gasteiger partial charge is 0.149 e. The number of benzene rings is 3. The van der Waals surface area contributed by atoms with Crippen LogP contribution in [0.15, 0.2) is 66.0 Å². The van der Waals surface area contributed by atoms with Gasteiger partial charge in [-0.25, -0.2) is 0 Å². The highest BCUT2D eigenvalue weighted by Gasteiger charge is 2.22. The summed E-state index contributed by atoms with van der Waals surface area (Å²) in [6.45, 7) is 0. The molecule has 1 aromatic heterocycles. The van der Waals surface area contributed by atoms with E-state index in [0.717, 1.165) is 0 Å². The van der Waals surface area contributed by atoms with E-state index in [1.807, 2.05) is 11.3 Å². The van der Waals surface area contributed by atoms with Crippen LogP contribution in [0.5, 0.6) is 0 Å². The summed E-state index contributed by atoms with van der Waals surface area (Å²) in [5.41, 5.74) is 3.14. The molecule has 0 radical (unpaired) electrons. The third-order valence-corrected chi connectivity index (χ3v) is 6.33. The van der Waals surface area contributed by atoms with Gasteiger partial charge in [0, 0.05) is 4.88 Å². The SMILES string of the molecule is c1csc(C2CCc3ccc4c(ccc5ccccc54)c3C2)c1. The van der Waals surface area contributed by atoms with Gasteiger partial charge in [0.15, 0.2) is 0 Å².